The molecule has 2 N–H and O–H groups in total. The van der Waals surface area contributed by atoms with Crippen LogP contribution in [-0.4, -0.2) is 43.6 Å². The molecule has 1 aliphatic rings. The number of nitrogens with zero attached hydrogens (tertiary/aromatic N) is 1. The molecule has 0 aliphatic carbocycles. The molecule has 1 aromatic heterocycles. The Labute approximate surface area is 160 Å². The van der Waals surface area contributed by atoms with Gasteiger partial charge in [-0.1, -0.05) is 12.1 Å². The Morgan fingerprint density at radius 2 is 2.00 bits per heavy atom. The Morgan fingerprint density at radius 3 is 2.70 bits per heavy atom. The summed E-state index contributed by atoms with van der Waals surface area (Å²) in [5, 5.41) is 6.43. The van der Waals surface area contributed by atoms with Crippen LogP contribution in [0.25, 0.3) is 0 Å². The highest BCUT2D eigenvalue weighted by atomic mass is 16.5. The molecular formula is C21H29N3O3. The van der Waals surface area contributed by atoms with Crippen molar-refractivity contribution >= 4 is 11.6 Å². The number of hydrogen-bond donors (Lipinski definition) is 2. The lowest BCUT2D eigenvalue weighted by Crippen LogP contribution is -2.39. The number of amides is 1. The molecule has 2 unspecified atom stereocenters. The zero-order valence-corrected chi connectivity index (χ0v) is 16.1. The van der Waals surface area contributed by atoms with Crippen molar-refractivity contribution < 1.29 is 13.9 Å². The Hall–Kier alpha value is -2.31. The van der Waals surface area contributed by atoms with Gasteiger partial charge < -0.3 is 19.8 Å². The van der Waals surface area contributed by atoms with E-state index in [9.17, 15) is 4.79 Å². The second-order valence-electron chi connectivity index (χ2n) is 7.04. The van der Waals surface area contributed by atoms with Gasteiger partial charge in [-0.2, -0.15) is 0 Å². The van der Waals surface area contributed by atoms with Gasteiger partial charge in [-0.25, -0.2) is 0 Å². The molecule has 0 spiro atoms. The van der Waals surface area contributed by atoms with Gasteiger partial charge in [0, 0.05) is 19.0 Å². The zero-order valence-electron chi connectivity index (χ0n) is 16.1. The molecule has 3 rings (SSSR count). The first-order chi connectivity index (χ1) is 13.2. The van der Waals surface area contributed by atoms with Gasteiger partial charge in [0.1, 0.15) is 11.5 Å². The predicted molar refractivity (Wildman–Crippen MR) is 106 cm³/mol. The van der Waals surface area contributed by atoms with E-state index in [1.165, 1.54) is 12.8 Å². The molecule has 6 nitrogen and oxygen atoms in total. The summed E-state index contributed by atoms with van der Waals surface area (Å²) >= 11 is 0. The van der Waals surface area contributed by atoms with Crippen molar-refractivity contribution in [2.75, 3.05) is 32.1 Å². The summed E-state index contributed by atoms with van der Waals surface area (Å²) in [6, 6.07) is 11.7. The van der Waals surface area contributed by atoms with Crippen molar-refractivity contribution in [3.63, 3.8) is 0 Å². The fourth-order valence-corrected chi connectivity index (χ4v) is 3.56. The number of nitrogens with one attached hydrogen (secondary N) is 2. The van der Waals surface area contributed by atoms with Crippen LogP contribution in [0.3, 0.4) is 0 Å². The quantitative estimate of drug-likeness (QED) is 0.707. The summed E-state index contributed by atoms with van der Waals surface area (Å²) in [7, 11) is 1.60. The molecule has 1 aliphatic heterocycles. The topological polar surface area (TPSA) is 66.7 Å². The summed E-state index contributed by atoms with van der Waals surface area (Å²) in [4.78, 5) is 14.8. The number of benzene rings is 1. The third kappa shape index (κ3) is 5.34. The van der Waals surface area contributed by atoms with Crippen LogP contribution in [0.5, 0.6) is 5.75 Å². The van der Waals surface area contributed by atoms with E-state index in [2.05, 4.69) is 15.5 Å². The lowest BCUT2D eigenvalue weighted by molar-refractivity contribution is -0.116. The number of likely N-dealkylation sites (tertiary alicyclic amines) is 1. The highest BCUT2D eigenvalue weighted by molar-refractivity contribution is 5.92. The highest BCUT2D eigenvalue weighted by Gasteiger charge is 2.26. The van der Waals surface area contributed by atoms with Crippen LogP contribution < -0.4 is 15.4 Å². The Balaban J connectivity index is 1.51. The van der Waals surface area contributed by atoms with E-state index in [1.807, 2.05) is 43.3 Å². The van der Waals surface area contributed by atoms with E-state index in [4.69, 9.17) is 9.15 Å². The van der Waals surface area contributed by atoms with Gasteiger partial charge in [0.05, 0.1) is 25.1 Å². The Kier molecular flexibility index (Phi) is 6.90. The van der Waals surface area contributed by atoms with Gasteiger partial charge in [-0.3, -0.25) is 9.69 Å². The number of methoxy groups -OCH3 is 1. The number of anilines is 1. The fraction of sp³-hybridized carbons (Fsp3) is 0.476. The Morgan fingerprint density at radius 1 is 1.22 bits per heavy atom. The van der Waals surface area contributed by atoms with Crippen molar-refractivity contribution in [1.82, 2.24) is 10.2 Å². The van der Waals surface area contributed by atoms with Gasteiger partial charge in [0.2, 0.25) is 5.91 Å². The van der Waals surface area contributed by atoms with Crippen molar-refractivity contribution in [3.8, 4) is 5.75 Å². The molecule has 1 aromatic carbocycles. The number of rotatable bonds is 9. The summed E-state index contributed by atoms with van der Waals surface area (Å²) in [6.07, 6.45) is 4.58. The van der Waals surface area contributed by atoms with E-state index >= 15 is 0 Å². The average molecular weight is 371 g/mol. The Bertz CT molecular complexity index is 711. The molecule has 6 heteroatoms. The molecule has 2 heterocycles. The summed E-state index contributed by atoms with van der Waals surface area (Å²) < 4.78 is 10.9. The monoisotopic (exact) mass is 371 g/mol. The average Bonchev–Trinajstić information content (AvgIpc) is 3.37. The smallest absolute Gasteiger partial charge is 0.226 e. The van der Waals surface area contributed by atoms with E-state index in [1.54, 1.807) is 13.4 Å². The van der Waals surface area contributed by atoms with E-state index in [-0.39, 0.29) is 18.0 Å². The van der Waals surface area contributed by atoms with Gasteiger partial charge in [-0.15, -0.1) is 0 Å². The van der Waals surface area contributed by atoms with Crippen LogP contribution in [-0.2, 0) is 4.79 Å². The number of hydrogen-bond acceptors (Lipinski definition) is 5. The van der Waals surface area contributed by atoms with Crippen molar-refractivity contribution in [2.24, 2.45) is 0 Å². The molecular weight excluding hydrogens is 342 g/mol. The molecule has 1 amide bonds. The van der Waals surface area contributed by atoms with Crippen molar-refractivity contribution in [2.45, 2.75) is 38.3 Å². The van der Waals surface area contributed by atoms with Crippen LogP contribution in [0.15, 0.2) is 47.1 Å². The van der Waals surface area contributed by atoms with Crippen LogP contribution in [0, 0.1) is 0 Å². The van der Waals surface area contributed by atoms with E-state index in [0.717, 1.165) is 25.4 Å². The van der Waals surface area contributed by atoms with Crippen LogP contribution in [0.4, 0.5) is 5.69 Å². The first kappa shape index (κ1) is 19.5. The third-order valence-corrected chi connectivity index (χ3v) is 4.99. The first-order valence-corrected chi connectivity index (χ1v) is 9.61. The molecule has 0 saturated carbocycles. The predicted octanol–water partition coefficient (Wildman–Crippen LogP) is 3.43. The molecule has 1 fully saturated rings. The molecule has 0 radical (unpaired) electrons. The van der Waals surface area contributed by atoms with Crippen molar-refractivity contribution in [3.05, 3.63) is 48.4 Å². The standard InChI is InChI=1S/C21H29N3O3/c1-16(14-21(25)23-17-8-3-4-9-19(17)26-2)22-15-18(20-10-7-13-27-20)24-11-5-6-12-24/h3-4,7-10,13,16,18,22H,5-6,11-12,14-15H2,1-2H3,(H,23,25). The largest absolute Gasteiger partial charge is 0.495 e. The molecule has 2 atom stereocenters. The third-order valence-electron chi connectivity index (χ3n) is 4.99. The minimum atomic E-state index is -0.0322. The maximum atomic E-state index is 12.4. The fourth-order valence-electron chi connectivity index (χ4n) is 3.56. The van der Waals surface area contributed by atoms with Crippen LogP contribution in [0.1, 0.15) is 38.0 Å². The lowest BCUT2D eigenvalue weighted by atomic mass is 10.1. The molecule has 2 aromatic rings. The van der Waals surface area contributed by atoms with Gasteiger partial charge in [0.25, 0.3) is 0 Å². The summed E-state index contributed by atoms with van der Waals surface area (Å²) in [5.74, 6) is 1.61. The van der Waals surface area contributed by atoms with E-state index in [0.29, 0.717) is 17.9 Å². The lowest BCUT2D eigenvalue weighted by Gasteiger charge is -2.27. The second-order valence-corrected chi connectivity index (χ2v) is 7.04. The normalized spacial score (nSPS) is 16.8. The number of carbonyl (C=O) groups is 1. The highest BCUT2D eigenvalue weighted by Crippen LogP contribution is 2.25. The SMILES string of the molecule is COc1ccccc1NC(=O)CC(C)NCC(c1ccco1)N1CCCC1. The number of carbonyl (C=O) groups excluding carboxylic acids is 1. The van der Waals surface area contributed by atoms with E-state index < -0.39 is 0 Å². The van der Waals surface area contributed by atoms with Gasteiger partial charge in [-0.05, 0) is 57.1 Å². The van der Waals surface area contributed by atoms with Crippen molar-refractivity contribution in [1.29, 1.82) is 0 Å². The summed E-state index contributed by atoms with van der Waals surface area (Å²) in [5.41, 5.74) is 0.697. The number of para-hydroxylation sites is 2. The second kappa shape index (κ2) is 9.58. The molecule has 146 valence electrons. The van der Waals surface area contributed by atoms with Crippen LogP contribution >= 0.6 is 0 Å². The van der Waals surface area contributed by atoms with Gasteiger partial charge >= 0.3 is 0 Å². The minimum Gasteiger partial charge on any atom is -0.495 e. The minimum absolute atomic E-state index is 0.0322. The zero-order chi connectivity index (χ0) is 19.1. The molecule has 1 saturated heterocycles. The van der Waals surface area contributed by atoms with Gasteiger partial charge in [0.15, 0.2) is 0 Å². The number of furan rings is 1. The maximum absolute atomic E-state index is 12.4. The number of ether oxygens (including phenoxy) is 1. The van der Waals surface area contributed by atoms with Crippen LogP contribution in [0.2, 0.25) is 0 Å². The maximum Gasteiger partial charge on any atom is 0.226 e. The first-order valence-electron chi connectivity index (χ1n) is 9.61. The summed E-state index contributed by atoms with van der Waals surface area (Å²) in [6.45, 7) is 4.98. The molecule has 27 heavy (non-hydrogen) atoms. The molecule has 0 bridgehead atoms.